The molecular formula is C4HClO. The normalized spacial score (nSPS) is 3.50. The fraction of sp³-hybridized carbons (Fsp3) is 0. The zero-order valence-electron chi connectivity index (χ0n) is 2.83. The van der Waals surface area contributed by atoms with Crippen molar-refractivity contribution in [1.82, 2.24) is 0 Å². The number of rotatable bonds is 0. The molecule has 0 aliphatic rings. The van der Waals surface area contributed by atoms with Gasteiger partial charge < -0.3 is 5.11 Å². The highest BCUT2D eigenvalue weighted by Gasteiger charge is 1.45. The monoisotopic (exact) mass is 100.0 g/mol. The van der Waals surface area contributed by atoms with Crippen molar-refractivity contribution in [3.8, 4) is 23.3 Å². The predicted octanol–water partition coefficient (Wildman–Crippen LogP) is 0.519. The van der Waals surface area contributed by atoms with E-state index in [1.54, 1.807) is 6.11 Å². The van der Waals surface area contributed by atoms with Crippen LogP contribution in [-0.2, 0) is 0 Å². The van der Waals surface area contributed by atoms with Crippen LogP contribution in [0.3, 0.4) is 0 Å². The molecule has 1 nitrogen and oxygen atoms in total. The summed E-state index contributed by atoms with van der Waals surface area (Å²) in [4.78, 5) is 0. The third-order valence-electron chi connectivity index (χ3n) is 0.166. The Labute approximate surface area is 40.9 Å². The minimum absolute atomic E-state index is 1.56. The fourth-order valence-electron chi connectivity index (χ4n) is 0.0516. The van der Waals surface area contributed by atoms with Gasteiger partial charge in [-0.2, -0.15) is 0 Å². The van der Waals surface area contributed by atoms with E-state index in [2.05, 4.69) is 5.92 Å². The number of halogens is 1. The van der Waals surface area contributed by atoms with Crippen LogP contribution in [0.25, 0.3) is 0 Å². The largest absolute Gasteiger partial charge is 0.461 e. The van der Waals surface area contributed by atoms with Crippen molar-refractivity contribution in [3.05, 3.63) is 0 Å². The number of hydrogen-bond acceptors (Lipinski definition) is 1. The summed E-state index contributed by atoms with van der Waals surface area (Å²) in [7, 11) is 0. The van der Waals surface area contributed by atoms with Gasteiger partial charge in [0.25, 0.3) is 0 Å². The topological polar surface area (TPSA) is 20.2 Å². The van der Waals surface area contributed by atoms with Gasteiger partial charge in [-0.25, -0.2) is 0 Å². The van der Waals surface area contributed by atoms with Gasteiger partial charge in [0.2, 0.25) is 0 Å². The summed E-state index contributed by atoms with van der Waals surface area (Å²) in [6.07, 6.45) is 1.56. The Bertz CT molecular complexity index is 111. The molecule has 30 valence electrons. The van der Waals surface area contributed by atoms with E-state index in [4.69, 9.17) is 16.7 Å². The van der Waals surface area contributed by atoms with E-state index in [1.165, 1.54) is 0 Å². The lowest BCUT2D eigenvalue weighted by Crippen LogP contribution is -1.45. The molecule has 0 spiro atoms. The SMILES string of the molecule is OC#CC#CCl. The average molecular weight is 101 g/mol. The Morgan fingerprint density at radius 3 is 2.17 bits per heavy atom. The molecular weight excluding hydrogens is 99.5 g/mol. The quantitative estimate of drug-likeness (QED) is 0.440. The zero-order chi connectivity index (χ0) is 4.83. The van der Waals surface area contributed by atoms with Gasteiger partial charge >= 0.3 is 0 Å². The van der Waals surface area contributed by atoms with Crippen molar-refractivity contribution in [3.63, 3.8) is 0 Å². The van der Waals surface area contributed by atoms with Gasteiger partial charge in [0.15, 0.2) is 0 Å². The van der Waals surface area contributed by atoms with E-state index < -0.39 is 0 Å². The second-order valence-corrected chi connectivity index (χ2v) is 0.645. The van der Waals surface area contributed by atoms with Gasteiger partial charge in [-0.15, -0.1) is 0 Å². The molecule has 1 N–H and O–H groups in total. The van der Waals surface area contributed by atoms with Crippen LogP contribution in [0.4, 0.5) is 0 Å². The van der Waals surface area contributed by atoms with Crippen LogP contribution in [0.2, 0.25) is 0 Å². The summed E-state index contributed by atoms with van der Waals surface area (Å²) in [6, 6.07) is 0. The molecule has 2 heteroatoms. The smallest absolute Gasteiger partial charge is 0.122 e. The van der Waals surface area contributed by atoms with Crippen molar-refractivity contribution in [1.29, 1.82) is 0 Å². The first-order valence-electron chi connectivity index (χ1n) is 1.16. The maximum Gasteiger partial charge on any atom is 0.122 e. The van der Waals surface area contributed by atoms with Crippen molar-refractivity contribution >= 4 is 11.6 Å². The Hall–Kier alpha value is -0.790. The first-order chi connectivity index (χ1) is 2.91. The van der Waals surface area contributed by atoms with Gasteiger partial charge in [-0.1, -0.05) is 0 Å². The van der Waals surface area contributed by atoms with Crippen LogP contribution >= 0.6 is 11.6 Å². The van der Waals surface area contributed by atoms with Gasteiger partial charge in [0.1, 0.15) is 6.11 Å². The molecule has 0 amide bonds. The molecule has 0 aromatic rings. The molecule has 0 bridgehead atoms. The average Bonchev–Trinajstić information content (AvgIpc) is 1.61. The molecule has 0 aromatic heterocycles. The van der Waals surface area contributed by atoms with Gasteiger partial charge in [-0.3, -0.25) is 0 Å². The molecule has 0 saturated heterocycles. The first-order valence-corrected chi connectivity index (χ1v) is 1.54. The lowest BCUT2D eigenvalue weighted by Gasteiger charge is -1.47. The lowest BCUT2D eigenvalue weighted by molar-refractivity contribution is 0.517. The molecule has 0 aliphatic heterocycles. The standard InChI is InChI=1S/C4HClO/c5-3-1-2-4-6/h6H. The van der Waals surface area contributed by atoms with Gasteiger partial charge in [0.05, 0.1) is 0 Å². The summed E-state index contributed by atoms with van der Waals surface area (Å²) < 4.78 is 0. The van der Waals surface area contributed by atoms with Crippen LogP contribution in [0, 0.1) is 23.3 Å². The van der Waals surface area contributed by atoms with Gasteiger partial charge in [-0.05, 0) is 11.6 Å². The second-order valence-electron chi connectivity index (χ2n) is 0.456. The van der Waals surface area contributed by atoms with Crippen LogP contribution in [0.5, 0.6) is 0 Å². The van der Waals surface area contributed by atoms with Crippen molar-refractivity contribution < 1.29 is 5.11 Å². The fourth-order valence-corrected chi connectivity index (χ4v) is 0.0988. The highest BCUT2D eigenvalue weighted by molar-refractivity contribution is 6.30. The summed E-state index contributed by atoms with van der Waals surface area (Å²) in [5.74, 6) is 4.11. The molecule has 0 fully saturated rings. The molecule has 6 heavy (non-hydrogen) atoms. The predicted molar refractivity (Wildman–Crippen MR) is 23.3 cm³/mol. The molecule has 0 heterocycles. The van der Waals surface area contributed by atoms with Crippen molar-refractivity contribution in [2.24, 2.45) is 0 Å². The summed E-state index contributed by atoms with van der Waals surface area (Å²) in [5.41, 5.74) is 0. The Morgan fingerprint density at radius 2 is 2.00 bits per heavy atom. The van der Waals surface area contributed by atoms with Crippen LogP contribution in [0.15, 0.2) is 0 Å². The number of hydrogen-bond donors (Lipinski definition) is 1. The maximum absolute atomic E-state index is 7.68. The minimum atomic E-state index is 1.56. The van der Waals surface area contributed by atoms with Gasteiger partial charge in [0, 0.05) is 17.2 Å². The summed E-state index contributed by atoms with van der Waals surface area (Å²) in [5, 5.41) is 9.63. The van der Waals surface area contributed by atoms with Crippen molar-refractivity contribution in [2.45, 2.75) is 0 Å². The lowest BCUT2D eigenvalue weighted by atomic mass is 10.7. The molecule has 0 radical (unpaired) electrons. The van der Waals surface area contributed by atoms with E-state index >= 15 is 0 Å². The number of aliphatic hydroxyl groups excluding tert-OH is 1. The van der Waals surface area contributed by atoms with Crippen LogP contribution < -0.4 is 0 Å². The van der Waals surface area contributed by atoms with Crippen molar-refractivity contribution in [2.75, 3.05) is 0 Å². The van der Waals surface area contributed by atoms with Crippen LogP contribution in [-0.4, -0.2) is 5.11 Å². The van der Waals surface area contributed by atoms with E-state index in [9.17, 15) is 0 Å². The third kappa shape index (κ3) is 3.21. The Kier molecular flexibility index (Phi) is 3.66. The third-order valence-corrected chi connectivity index (χ3v) is 0.260. The van der Waals surface area contributed by atoms with E-state index in [-0.39, 0.29) is 0 Å². The maximum atomic E-state index is 7.68. The van der Waals surface area contributed by atoms with E-state index in [0.717, 1.165) is 0 Å². The molecule has 0 unspecified atom stereocenters. The van der Waals surface area contributed by atoms with E-state index in [0.29, 0.717) is 0 Å². The molecule has 0 aliphatic carbocycles. The molecule has 0 atom stereocenters. The minimum Gasteiger partial charge on any atom is -0.461 e. The second kappa shape index (κ2) is 4.21. The zero-order valence-corrected chi connectivity index (χ0v) is 3.58. The summed E-state index contributed by atoms with van der Waals surface area (Å²) in [6.45, 7) is 0. The highest BCUT2D eigenvalue weighted by Crippen LogP contribution is 1.57. The molecule has 0 rings (SSSR count). The number of aliphatic hydroxyl groups is 1. The highest BCUT2D eigenvalue weighted by atomic mass is 35.5. The van der Waals surface area contributed by atoms with E-state index in [1.807, 2.05) is 11.3 Å². The molecule has 0 aromatic carbocycles. The Balaban J connectivity index is 3.43. The van der Waals surface area contributed by atoms with Crippen LogP contribution in [0.1, 0.15) is 0 Å². The Morgan fingerprint density at radius 1 is 1.33 bits per heavy atom. The first kappa shape index (κ1) is 5.21. The molecule has 0 saturated carbocycles. The summed E-state index contributed by atoms with van der Waals surface area (Å²) >= 11 is 4.81.